The number of benzene rings is 2. The number of methoxy groups -OCH3 is 1. The minimum atomic E-state index is -1.07. The molecule has 2 aromatic carbocycles. The minimum Gasteiger partial charge on any atom is -0.496 e. The van der Waals surface area contributed by atoms with Crippen LogP contribution in [0.5, 0.6) is 11.5 Å². The molecular formula is C26H30FN3O2. The van der Waals surface area contributed by atoms with Crippen molar-refractivity contribution in [3.63, 3.8) is 0 Å². The van der Waals surface area contributed by atoms with Gasteiger partial charge in [0.2, 0.25) is 0 Å². The van der Waals surface area contributed by atoms with E-state index in [0.29, 0.717) is 25.5 Å². The molecule has 0 bridgehead atoms. The normalized spacial score (nSPS) is 24.7. The van der Waals surface area contributed by atoms with E-state index in [2.05, 4.69) is 40.2 Å². The van der Waals surface area contributed by atoms with Crippen molar-refractivity contribution in [1.82, 2.24) is 15.1 Å². The summed E-state index contributed by atoms with van der Waals surface area (Å²) in [6, 6.07) is 10.6. The predicted molar refractivity (Wildman–Crippen MR) is 122 cm³/mol. The summed E-state index contributed by atoms with van der Waals surface area (Å²) in [7, 11) is 1.71. The van der Waals surface area contributed by atoms with Crippen LogP contribution < -0.4 is 9.47 Å². The Morgan fingerprint density at radius 1 is 1.19 bits per heavy atom. The molecule has 2 heterocycles. The fourth-order valence-electron chi connectivity index (χ4n) is 5.31. The van der Waals surface area contributed by atoms with Crippen LogP contribution in [0.1, 0.15) is 61.8 Å². The second kappa shape index (κ2) is 7.48. The quantitative estimate of drug-likeness (QED) is 0.568. The lowest BCUT2D eigenvalue weighted by molar-refractivity contribution is 0.0969. The van der Waals surface area contributed by atoms with Crippen molar-refractivity contribution in [3.05, 3.63) is 53.2 Å². The van der Waals surface area contributed by atoms with E-state index in [1.807, 2.05) is 18.3 Å². The fourth-order valence-corrected chi connectivity index (χ4v) is 5.31. The zero-order valence-electron chi connectivity index (χ0n) is 18.7. The molecule has 0 amide bonds. The van der Waals surface area contributed by atoms with Crippen LogP contribution in [0.25, 0.3) is 10.9 Å². The maximum atomic E-state index is 15.1. The molecule has 6 heteroatoms. The van der Waals surface area contributed by atoms with E-state index in [0.717, 1.165) is 47.2 Å². The lowest BCUT2D eigenvalue weighted by Crippen LogP contribution is -2.46. The summed E-state index contributed by atoms with van der Waals surface area (Å²) in [5.41, 5.74) is 3.55. The smallest absolute Gasteiger partial charge is 0.127 e. The second-order valence-electron chi connectivity index (χ2n) is 9.82. The standard InChI is InChI=1S/C26H30FN3O2/c1-16-12-21-19(8-9-23-22(21)14-28-29-23)25(30(16)15-26(27)10-11-26)20-7-6-18(13-24(20)31-2)32-17-4-3-5-17/h6-9,13-14,16-17,25H,3-5,10-12,15H2,1-2H3,(H,28,29)/t16-,25+/m1/s1. The van der Waals surface area contributed by atoms with Gasteiger partial charge in [0.15, 0.2) is 0 Å². The molecule has 2 saturated carbocycles. The summed E-state index contributed by atoms with van der Waals surface area (Å²) in [5.74, 6) is 1.65. The molecule has 0 unspecified atom stereocenters. The van der Waals surface area contributed by atoms with Crippen molar-refractivity contribution in [2.75, 3.05) is 13.7 Å². The van der Waals surface area contributed by atoms with E-state index < -0.39 is 5.67 Å². The number of fused-ring (bicyclic) bond motifs is 3. The molecule has 3 aromatic rings. The summed E-state index contributed by atoms with van der Waals surface area (Å²) in [6.45, 7) is 2.66. The number of aromatic nitrogens is 2. The molecule has 6 rings (SSSR count). The molecule has 0 saturated heterocycles. The Labute approximate surface area is 187 Å². The predicted octanol–water partition coefficient (Wildman–Crippen LogP) is 5.34. The highest BCUT2D eigenvalue weighted by atomic mass is 19.1. The largest absolute Gasteiger partial charge is 0.496 e. The molecule has 1 aromatic heterocycles. The number of hydrogen-bond donors (Lipinski definition) is 1. The first-order chi connectivity index (χ1) is 15.5. The van der Waals surface area contributed by atoms with Gasteiger partial charge in [-0.25, -0.2) is 4.39 Å². The number of alkyl halides is 1. The van der Waals surface area contributed by atoms with Crippen LogP contribution in [0, 0.1) is 0 Å². The van der Waals surface area contributed by atoms with Crippen LogP contribution in [0.15, 0.2) is 36.5 Å². The third-order valence-electron chi connectivity index (χ3n) is 7.58. The highest BCUT2D eigenvalue weighted by molar-refractivity contribution is 5.83. The van der Waals surface area contributed by atoms with Crippen molar-refractivity contribution < 1.29 is 13.9 Å². The monoisotopic (exact) mass is 435 g/mol. The molecule has 2 fully saturated rings. The molecule has 1 N–H and O–H groups in total. The summed E-state index contributed by atoms with van der Waals surface area (Å²) < 4.78 is 27.0. The SMILES string of the molecule is COc1cc(OC2CCC2)ccc1[C@@H]1c2ccc3[nH]ncc3c2C[C@@H](C)N1CC1(F)CC1. The Kier molecular flexibility index (Phi) is 4.68. The average Bonchev–Trinajstić information content (AvgIpc) is 3.29. The van der Waals surface area contributed by atoms with E-state index in [1.54, 1.807) is 7.11 Å². The molecule has 0 spiro atoms. The Morgan fingerprint density at radius 3 is 2.72 bits per heavy atom. The van der Waals surface area contributed by atoms with Gasteiger partial charge in [-0.1, -0.05) is 6.07 Å². The first kappa shape index (κ1) is 20.0. The Bertz CT molecular complexity index is 1150. The maximum absolute atomic E-state index is 15.1. The van der Waals surface area contributed by atoms with E-state index in [9.17, 15) is 0 Å². The van der Waals surface area contributed by atoms with Gasteiger partial charge in [-0.15, -0.1) is 0 Å². The number of H-pyrrole nitrogens is 1. The van der Waals surface area contributed by atoms with Crippen molar-refractivity contribution in [3.8, 4) is 11.5 Å². The third-order valence-corrected chi connectivity index (χ3v) is 7.58. The zero-order valence-corrected chi connectivity index (χ0v) is 18.7. The third kappa shape index (κ3) is 3.36. The first-order valence-electron chi connectivity index (χ1n) is 11.8. The van der Waals surface area contributed by atoms with Crippen molar-refractivity contribution in [2.24, 2.45) is 0 Å². The zero-order chi connectivity index (χ0) is 21.9. The number of ether oxygens (including phenoxy) is 2. The number of nitrogens with one attached hydrogen (secondary N) is 1. The van der Waals surface area contributed by atoms with Gasteiger partial charge in [-0.2, -0.15) is 5.10 Å². The van der Waals surface area contributed by atoms with Gasteiger partial charge >= 0.3 is 0 Å². The van der Waals surface area contributed by atoms with Gasteiger partial charge in [-0.3, -0.25) is 10.00 Å². The molecule has 2 atom stereocenters. The number of halogens is 1. The Morgan fingerprint density at radius 2 is 2.00 bits per heavy atom. The van der Waals surface area contributed by atoms with Gasteiger partial charge in [0, 0.05) is 29.6 Å². The van der Waals surface area contributed by atoms with Crippen LogP contribution >= 0.6 is 0 Å². The van der Waals surface area contributed by atoms with Crippen LogP contribution in [0.2, 0.25) is 0 Å². The van der Waals surface area contributed by atoms with Gasteiger partial charge in [-0.05, 0) is 74.8 Å². The second-order valence-corrected chi connectivity index (χ2v) is 9.82. The lowest BCUT2D eigenvalue weighted by Gasteiger charge is -2.43. The number of hydrogen-bond acceptors (Lipinski definition) is 4. The summed E-state index contributed by atoms with van der Waals surface area (Å²) in [5, 5.41) is 8.52. The summed E-state index contributed by atoms with van der Waals surface area (Å²) in [6.07, 6.45) is 7.88. The molecule has 0 radical (unpaired) electrons. The molecule has 5 nitrogen and oxygen atoms in total. The lowest BCUT2D eigenvalue weighted by atomic mass is 9.83. The van der Waals surface area contributed by atoms with E-state index in [4.69, 9.17) is 9.47 Å². The van der Waals surface area contributed by atoms with Crippen LogP contribution in [-0.4, -0.2) is 46.6 Å². The molecule has 3 aliphatic rings. The van der Waals surface area contributed by atoms with Crippen LogP contribution in [-0.2, 0) is 6.42 Å². The van der Waals surface area contributed by atoms with Crippen molar-refractivity contribution in [1.29, 1.82) is 0 Å². The summed E-state index contributed by atoms with van der Waals surface area (Å²) >= 11 is 0. The van der Waals surface area contributed by atoms with Crippen molar-refractivity contribution in [2.45, 2.75) is 69.3 Å². The highest BCUT2D eigenvalue weighted by Crippen LogP contribution is 2.48. The van der Waals surface area contributed by atoms with E-state index in [1.165, 1.54) is 17.5 Å². The van der Waals surface area contributed by atoms with Crippen LogP contribution in [0.3, 0.4) is 0 Å². The average molecular weight is 436 g/mol. The topological polar surface area (TPSA) is 50.4 Å². The molecular weight excluding hydrogens is 405 g/mol. The van der Waals surface area contributed by atoms with Crippen molar-refractivity contribution >= 4 is 10.9 Å². The maximum Gasteiger partial charge on any atom is 0.127 e. The first-order valence-corrected chi connectivity index (χ1v) is 11.8. The molecule has 32 heavy (non-hydrogen) atoms. The fraction of sp³-hybridized carbons (Fsp3) is 0.500. The van der Waals surface area contributed by atoms with Gasteiger partial charge in [0.05, 0.1) is 31.0 Å². The van der Waals surface area contributed by atoms with Gasteiger partial charge < -0.3 is 9.47 Å². The highest BCUT2D eigenvalue weighted by Gasteiger charge is 2.48. The number of aromatic amines is 1. The molecule has 2 aliphatic carbocycles. The Balaban J connectivity index is 1.46. The summed E-state index contributed by atoms with van der Waals surface area (Å²) in [4.78, 5) is 2.34. The van der Waals surface area contributed by atoms with E-state index in [-0.39, 0.29) is 12.1 Å². The minimum absolute atomic E-state index is 0.0750. The van der Waals surface area contributed by atoms with Gasteiger partial charge in [0.1, 0.15) is 17.2 Å². The Hall–Kier alpha value is -2.60. The number of rotatable bonds is 6. The molecule has 1 aliphatic heterocycles. The van der Waals surface area contributed by atoms with Gasteiger partial charge in [0.25, 0.3) is 0 Å². The molecule has 168 valence electrons. The van der Waals surface area contributed by atoms with Crippen LogP contribution in [0.4, 0.5) is 4.39 Å². The number of nitrogens with zero attached hydrogens (tertiary/aromatic N) is 2. The van der Waals surface area contributed by atoms with E-state index >= 15 is 4.39 Å².